The molecule has 3 aromatic rings. The third-order valence-corrected chi connectivity index (χ3v) is 3.99. The van der Waals surface area contributed by atoms with E-state index < -0.39 is 0 Å². The molecule has 2 aromatic carbocycles. The fourth-order valence-electron chi connectivity index (χ4n) is 2.29. The maximum absolute atomic E-state index is 5.63. The number of nitrogens with two attached hydrogens (primary N) is 1. The zero-order valence-corrected chi connectivity index (χ0v) is 13.1. The van der Waals surface area contributed by atoms with Crippen LogP contribution in [0.4, 0.5) is 0 Å². The van der Waals surface area contributed by atoms with Gasteiger partial charge < -0.3 is 10.3 Å². The van der Waals surface area contributed by atoms with E-state index in [0.717, 1.165) is 27.8 Å². The van der Waals surface area contributed by atoms with Gasteiger partial charge in [-0.15, -0.1) is 0 Å². The van der Waals surface area contributed by atoms with Crippen molar-refractivity contribution in [2.24, 2.45) is 5.73 Å². The van der Waals surface area contributed by atoms with Crippen LogP contribution in [0.25, 0.3) is 11.3 Å². The molecule has 21 heavy (non-hydrogen) atoms. The normalized spacial score (nSPS) is 10.8. The maximum atomic E-state index is 5.63. The standard InChI is InChI=1S/C17H16BrN3/c18-16-7-5-15(6-8-16)17-10-20-12-21(17)11-14-3-1-13(9-19)2-4-14/h1-8,10,12H,9,11,19H2. The summed E-state index contributed by atoms with van der Waals surface area (Å²) in [7, 11) is 0. The van der Waals surface area contributed by atoms with Gasteiger partial charge in [-0.3, -0.25) is 0 Å². The van der Waals surface area contributed by atoms with Gasteiger partial charge in [0.25, 0.3) is 0 Å². The van der Waals surface area contributed by atoms with Gasteiger partial charge in [0.2, 0.25) is 0 Å². The van der Waals surface area contributed by atoms with Gasteiger partial charge in [-0.2, -0.15) is 0 Å². The molecular formula is C17H16BrN3. The molecule has 3 nitrogen and oxygen atoms in total. The molecule has 0 fully saturated rings. The molecule has 0 aliphatic heterocycles. The Bertz CT molecular complexity index is 715. The predicted molar refractivity (Wildman–Crippen MR) is 88.8 cm³/mol. The van der Waals surface area contributed by atoms with Gasteiger partial charge >= 0.3 is 0 Å². The van der Waals surface area contributed by atoms with Gasteiger partial charge in [0.15, 0.2) is 0 Å². The van der Waals surface area contributed by atoms with Gasteiger partial charge in [-0.05, 0) is 28.8 Å². The summed E-state index contributed by atoms with van der Waals surface area (Å²) in [5.74, 6) is 0. The molecule has 0 amide bonds. The number of rotatable bonds is 4. The molecule has 1 aromatic heterocycles. The van der Waals surface area contributed by atoms with Crippen molar-refractivity contribution >= 4 is 15.9 Å². The minimum absolute atomic E-state index is 0.579. The van der Waals surface area contributed by atoms with Gasteiger partial charge in [0.05, 0.1) is 18.2 Å². The van der Waals surface area contributed by atoms with Crippen molar-refractivity contribution in [2.45, 2.75) is 13.1 Å². The first-order valence-electron chi connectivity index (χ1n) is 6.80. The summed E-state index contributed by atoms with van der Waals surface area (Å²) in [4.78, 5) is 4.28. The Morgan fingerprint density at radius 2 is 1.62 bits per heavy atom. The monoisotopic (exact) mass is 341 g/mol. The molecule has 0 radical (unpaired) electrons. The van der Waals surface area contributed by atoms with Crippen molar-refractivity contribution in [3.05, 3.63) is 76.7 Å². The van der Waals surface area contributed by atoms with E-state index in [1.807, 2.05) is 24.7 Å². The van der Waals surface area contributed by atoms with E-state index in [-0.39, 0.29) is 0 Å². The van der Waals surface area contributed by atoms with Crippen LogP contribution in [0, 0.1) is 0 Å². The van der Waals surface area contributed by atoms with Crippen LogP contribution < -0.4 is 5.73 Å². The smallest absolute Gasteiger partial charge is 0.0954 e. The molecule has 0 aliphatic carbocycles. The number of imidazole rings is 1. The van der Waals surface area contributed by atoms with E-state index in [4.69, 9.17) is 5.73 Å². The van der Waals surface area contributed by atoms with Crippen molar-refractivity contribution in [1.29, 1.82) is 0 Å². The van der Waals surface area contributed by atoms with E-state index in [9.17, 15) is 0 Å². The van der Waals surface area contributed by atoms with Crippen LogP contribution in [0.1, 0.15) is 11.1 Å². The average Bonchev–Trinajstić information content (AvgIpc) is 2.97. The summed E-state index contributed by atoms with van der Waals surface area (Å²) in [5, 5.41) is 0. The molecule has 0 atom stereocenters. The van der Waals surface area contributed by atoms with E-state index in [1.54, 1.807) is 0 Å². The first-order valence-corrected chi connectivity index (χ1v) is 7.59. The zero-order valence-electron chi connectivity index (χ0n) is 11.5. The molecule has 0 aliphatic rings. The van der Waals surface area contributed by atoms with Crippen LogP contribution in [0.2, 0.25) is 0 Å². The highest BCUT2D eigenvalue weighted by Crippen LogP contribution is 2.22. The van der Waals surface area contributed by atoms with Gasteiger partial charge in [-0.1, -0.05) is 52.3 Å². The molecule has 1 heterocycles. The predicted octanol–water partition coefficient (Wildman–Crippen LogP) is 3.82. The van der Waals surface area contributed by atoms with Crippen LogP contribution in [-0.2, 0) is 13.1 Å². The van der Waals surface area contributed by atoms with Crippen LogP contribution in [0.3, 0.4) is 0 Å². The fourth-order valence-corrected chi connectivity index (χ4v) is 2.55. The SMILES string of the molecule is NCc1ccc(Cn2cncc2-c2ccc(Br)cc2)cc1. The summed E-state index contributed by atoms with van der Waals surface area (Å²) in [6.45, 7) is 1.38. The lowest BCUT2D eigenvalue weighted by atomic mass is 10.1. The van der Waals surface area contributed by atoms with Crippen LogP contribution in [-0.4, -0.2) is 9.55 Å². The summed E-state index contributed by atoms with van der Waals surface area (Å²) < 4.78 is 3.23. The topological polar surface area (TPSA) is 43.8 Å². The van der Waals surface area contributed by atoms with Crippen molar-refractivity contribution in [3.8, 4) is 11.3 Å². The van der Waals surface area contributed by atoms with Crippen molar-refractivity contribution in [2.75, 3.05) is 0 Å². The highest BCUT2D eigenvalue weighted by atomic mass is 79.9. The largest absolute Gasteiger partial charge is 0.326 e. The zero-order chi connectivity index (χ0) is 14.7. The number of halogens is 1. The Hall–Kier alpha value is -1.91. The first-order chi connectivity index (χ1) is 10.3. The second-order valence-electron chi connectivity index (χ2n) is 4.93. The number of nitrogens with zero attached hydrogens (tertiary/aromatic N) is 2. The van der Waals surface area contributed by atoms with E-state index in [1.165, 1.54) is 5.56 Å². The second-order valence-corrected chi connectivity index (χ2v) is 5.85. The molecule has 0 spiro atoms. The van der Waals surface area contributed by atoms with Crippen molar-refractivity contribution in [1.82, 2.24) is 9.55 Å². The van der Waals surface area contributed by atoms with Gasteiger partial charge in [-0.25, -0.2) is 4.98 Å². The van der Waals surface area contributed by atoms with Crippen molar-refractivity contribution in [3.63, 3.8) is 0 Å². The van der Waals surface area contributed by atoms with Crippen LogP contribution >= 0.6 is 15.9 Å². The molecule has 106 valence electrons. The molecule has 0 saturated heterocycles. The Morgan fingerprint density at radius 1 is 0.952 bits per heavy atom. The Labute approximate surface area is 132 Å². The molecule has 2 N–H and O–H groups in total. The Kier molecular flexibility index (Phi) is 4.18. The number of benzene rings is 2. The summed E-state index contributed by atoms with van der Waals surface area (Å²) in [6, 6.07) is 16.7. The molecule has 4 heteroatoms. The second kappa shape index (κ2) is 6.24. The molecular weight excluding hydrogens is 326 g/mol. The van der Waals surface area contributed by atoms with E-state index >= 15 is 0 Å². The van der Waals surface area contributed by atoms with Crippen LogP contribution in [0.15, 0.2) is 65.5 Å². The van der Waals surface area contributed by atoms with E-state index in [0.29, 0.717) is 6.54 Å². The summed E-state index contributed by atoms with van der Waals surface area (Å²) in [6.07, 6.45) is 3.77. The number of hydrogen-bond donors (Lipinski definition) is 1. The quantitative estimate of drug-likeness (QED) is 0.783. The minimum Gasteiger partial charge on any atom is -0.326 e. The first kappa shape index (κ1) is 14.0. The average molecular weight is 342 g/mol. The third-order valence-electron chi connectivity index (χ3n) is 3.46. The highest BCUT2D eigenvalue weighted by Gasteiger charge is 2.05. The van der Waals surface area contributed by atoms with Gasteiger partial charge in [0, 0.05) is 17.6 Å². The lowest BCUT2D eigenvalue weighted by Gasteiger charge is -2.09. The van der Waals surface area contributed by atoms with Crippen molar-refractivity contribution < 1.29 is 0 Å². The van der Waals surface area contributed by atoms with Gasteiger partial charge in [0.1, 0.15) is 0 Å². The molecule has 0 unspecified atom stereocenters. The lowest BCUT2D eigenvalue weighted by Crippen LogP contribution is -2.01. The summed E-state index contributed by atoms with van der Waals surface area (Å²) >= 11 is 3.46. The molecule has 3 rings (SSSR count). The summed E-state index contributed by atoms with van der Waals surface area (Å²) in [5.41, 5.74) is 10.3. The molecule has 0 bridgehead atoms. The highest BCUT2D eigenvalue weighted by molar-refractivity contribution is 9.10. The number of hydrogen-bond acceptors (Lipinski definition) is 2. The Morgan fingerprint density at radius 3 is 2.29 bits per heavy atom. The van der Waals surface area contributed by atoms with Crippen LogP contribution in [0.5, 0.6) is 0 Å². The third kappa shape index (κ3) is 3.23. The lowest BCUT2D eigenvalue weighted by molar-refractivity contribution is 0.804. The maximum Gasteiger partial charge on any atom is 0.0954 e. The fraction of sp³-hybridized carbons (Fsp3) is 0.118. The number of aromatic nitrogens is 2. The Balaban J connectivity index is 1.86. The van der Waals surface area contributed by atoms with E-state index in [2.05, 4.69) is 61.9 Å². The molecule has 0 saturated carbocycles. The minimum atomic E-state index is 0.579.